The maximum atomic E-state index is 13.1. The molecule has 2 amide bonds. The van der Waals surface area contributed by atoms with Crippen LogP contribution in [0.1, 0.15) is 5.56 Å². The highest BCUT2D eigenvalue weighted by Crippen LogP contribution is 2.37. The predicted octanol–water partition coefficient (Wildman–Crippen LogP) is 3.85. The first-order valence-corrected chi connectivity index (χ1v) is 9.70. The van der Waals surface area contributed by atoms with Gasteiger partial charge >= 0.3 is 0 Å². The van der Waals surface area contributed by atoms with Crippen molar-refractivity contribution in [2.24, 2.45) is 0 Å². The van der Waals surface area contributed by atoms with Crippen LogP contribution in [-0.4, -0.2) is 51.2 Å². The van der Waals surface area contributed by atoms with Gasteiger partial charge in [-0.05, 0) is 24.3 Å². The zero-order valence-electron chi connectivity index (χ0n) is 16.6. The summed E-state index contributed by atoms with van der Waals surface area (Å²) in [5.74, 6) is 0.0640. The van der Waals surface area contributed by atoms with E-state index in [1.165, 1.54) is 27.4 Å². The standard InChI is InChI=1S/C21H20Cl2N2O5/c1-28-9-8-25-20(26)18(14-6-4-12(22)10-15(14)23)19(21(25)27)24-16-7-5-13(29-2)11-17(16)30-3/h4-7,10-11,24H,8-9H2,1-3H3. The van der Waals surface area contributed by atoms with Crippen molar-refractivity contribution in [1.82, 2.24) is 4.90 Å². The molecule has 30 heavy (non-hydrogen) atoms. The van der Waals surface area contributed by atoms with Crippen LogP contribution in [0.3, 0.4) is 0 Å². The number of anilines is 1. The smallest absolute Gasteiger partial charge is 0.278 e. The lowest BCUT2D eigenvalue weighted by Crippen LogP contribution is -2.35. The molecule has 0 spiro atoms. The second kappa shape index (κ2) is 9.38. The molecule has 1 heterocycles. The average Bonchev–Trinajstić information content (AvgIpc) is 2.96. The Morgan fingerprint density at radius 1 is 0.967 bits per heavy atom. The maximum absolute atomic E-state index is 13.1. The van der Waals surface area contributed by atoms with Crippen molar-refractivity contribution in [3.8, 4) is 11.5 Å². The summed E-state index contributed by atoms with van der Waals surface area (Å²) < 4.78 is 15.6. The van der Waals surface area contributed by atoms with Crippen LogP contribution in [0.4, 0.5) is 5.69 Å². The van der Waals surface area contributed by atoms with Gasteiger partial charge in [0.25, 0.3) is 11.8 Å². The lowest BCUT2D eigenvalue weighted by Gasteiger charge is -2.15. The molecular weight excluding hydrogens is 431 g/mol. The van der Waals surface area contributed by atoms with Crippen molar-refractivity contribution in [3.05, 3.63) is 57.7 Å². The van der Waals surface area contributed by atoms with Crippen molar-refractivity contribution in [2.45, 2.75) is 0 Å². The lowest BCUT2D eigenvalue weighted by molar-refractivity contribution is -0.137. The van der Waals surface area contributed by atoms with Gasteiger partial charge < -0.3 is 19.5 Å². The van der Waals surface area contributed by atoms with Crippen molar-refractivity contribution in [1.29, 1.82) is 0 Å². The van der Waals surface area contributed by atoms with E-state index in [9.17, 15) is 9.59 Å². The van der Waals surface area contributed by atoms with Crippen molar-refractivity contribution in [2.75, 3.05) is 39.8 Å². The Morgan fingerprint density at radius 3 is 2.37 bits per heavy atom. The fourth-order valence-electron chi connectivity index (χ4n) is 3.06. The van der Waals surface area contributed by atoms with E-state index < -0.39 is 11.8 Å². The second-order valence-electron chi connectivity index (χ2n) is 6.32. The van der Waals surface area contributed by atoms with Crippen LogP contribution in [0.15, 0.2) is 42.1 Å². The Hall–Kier alpha value is -2.74. The Labute approximate surface area is 184 Å². The first kappa shape index (κ1) is 22.0. The number of halogens is 2. The summed E-state index contributed by atoms with van der Waals surface area (Å²) in [6.45, 7) is 0.312. The number of imide groups is 1. The number of ether oxygens (including phenoxy) is 3. The van der Waals surface area contributed by atoms with Crippen molar-refractivity contribution >= 4 is 46.3 Å². The number of benzene rings is 2. The van der Waals surface area contributed by atoms with E-state index in [2.05, 4.69) is 5.32 Å². The first-order valence-electron chi connectivity index (χ1n) is 8.95. The number of hydrogen-bond donors (Lipinski definition) is 1. The third kappa shape index (κ3) is 4.23. The molecule has 7 nitrogen and oxygen atoms in total. The molecule has 0 bridgehead atoms. The van der Waals surface area contributed by atoms with Gasteiger partial charge in [0.05, 0.1) is 43.7 Å². The summed E-state index contributed by atoms with van der Waals surface area (Å²) in [5.41, 5.74) is 1.12. The van der Waals surface area contributed by atoms with Gasteiger partial charge in [0, 0.05) is 23.8 Å². The Balaban J connectivity index is 2.11. The third-order valence-electron chi connectivity index (χ3n) is 4.56. The molecule has 158 valence electrons. The molecule has 0 saturated carbocycles. The number of rotatable bonds is 8. The van der Waals surface area contributed by atoms with Gasteiger partial charge in [0.15, 0.2) is 0 Å². The van der Waals surface area contributed by atoms with E-state index in [0.717, 1.165) is 4.90 Å². The number of carbonyl (C=O) groups is 2. The number of hydrogen-bond acceptors (Lipinski definition) is 6. The highest BCUT2D eigenvalue weighted by molar-refractivity contribution is 6.41. The van der Waals surface area contributed by atoms with E-state index in [1.54, 1.807) is 30.3 Å². The minimum absolute atomic E-state index is 0.0868. The largest absolute Gasteiger partial charge is 0.497 e. The lowest BCUT2D eigenvalue weighted by atomic mass is 10.0. The molecule has 0 radical (unpaired) electrons. The molecule has 9 heteroatoms. The molecule has 2 aromatic rings. The highest BCUT2D eigenvalue weighted by Gasteiger charge is 2.40. The molecule has 0 fully saturated rings. The molecule has 0 saturated heterocycles. The molecule has 2 aromatic carbocycles. The number of amides is 2. The van der Waals surface area contributed by atoms with Crippen molar-refractivity contribution < 1.29 is 23.8 Å². The molecule has 0 atom stereocenters. The van der Waals surface area contributed by atoms with Crippen LogP contribution in [0.25, 0.3) is 5.57 Å². The third-order valence-corrected chi connectivity index (χ3v) is 5.10. The van der Waals surface area contributed by atoms with Crippen LogP contribution in [0.5, 0.6) is 11.5 Å². The van der Waals surface area contributed by atoms with Crippen LogP contribution in [-0.2, 0) is 14.3 Å². The van der Waals surface area contributed by atoms with Crippen LogP contribution in [0.2, 0.25) is 10.0 Å². The van der Waals surface area contributed by atoms with E-state index in [-0.39, 0.29) is 29.4 Å². The summed E-state index contributed by atoms with van der Waals surface area (Å²) in [6.07, 6.45) is 0. The zero-order valence-corrected chi connectivity index (χ0v) is 18.1. The van der Waals surface area contributed by atoms with Gasteiger partial charge in [0.2, 0.25) is 0 Å². The van der Waals surface area contributed by atoms with Crippen LogP contribution >= 0.6 is 23.2 Å². The van der Waals surface area contributed by atoms with E-state index in [0.29, 0.717) is 27.8 Å². The van der Waals surface area contributed by atoms with Crippen LogP contribution < -0.4 is 14.8 Å². The van der Waals surface area contributed by atoms with Gasteiger partial charge in [-0.15, -0.1) is 0 Å². The molecule has 0 aromatic heterocycles. The number of methoxy groups -OCH3 is 3. The average molecular weight is 451 g/mol. The fourth-order valence-corrected chi connectivity index (χ4v) is 3.56. The van der Waals surface area contributed by atoms with Gasteiger partial charge in [-0.3, -0.25) is 14.5 Å². The fraction of sp³-hybridized carbons (Fsp3) is 0.238. The highest BCUT2D eigenvalue weighted by atomic mass is 35.5. The SMILES string of the molecule is COCCN1C(=O)C(Nc2ccc(OC)cc2OC)=C(c2ccc(Cl)cc2Cl)C1=O. The summed E-state index contributed by atoms with van der Waals surface area (Å²) >= 11 is 12.3. The first-order chi connectivity index (χ1) is 14.4. The molecule has 1 aliphatic heterocycles. The monoisotopic (exact) mass is 450 g/mol. The number of nitrogens with one attached hydrogen (secondary N) is 1. The van der Waals surface area contributed by atoms with Gasteiger partial charge in [-0.2, -0.15) is 0 Å². The molecule has 1 aliphatic rings. The minimum atomic E-state index is -0.490. The zero-order chi connectivity index (χ0) is 21.8. The Kier molecular flexibility index (Phi) is 6.87. The second-order valence-corrected chi connectivity index (χ2v) is 7.16. The van der Waals surface area contributed by atoms with Crippen LogP contribution in [0, 0.1) is 0 Å². The van der Waals surface area contributed by atoms with E-state index >= 15 is 0 Å². The topological polar surface area (TPSA) is 77.1 Å². The molecule has 1 N–H and O–H groups in total. The molecular formula is C21H20Cl2N2O5. The quantitative estimate of drug-likeness (QED) is 0.615. The summed E-state index contributed by atoms with van der Waals surface area (Å²) in [6, 6.07) is 9.81. The maximum Gasteiger partial charge on any atom is 0.278 e. The minimum Gasteiger partial charge on any atom is -0.497 e. The Morgan fingerprint density at radius 2 is 1.73 bits per heavy atom. The number of carbonyl (C=O) groups excluding carboxylic acids is 2. The predicted molar refractivity (Wildman–Crippen MR) is 115 cm³/mol. The van der Waals surface area contributed by atoms with Gasteiger partial charge in [0.1, 0.15) is 17.2 Å². The van der Waals surface area contributed by atoms with Gasteiger partial charge in [-0.1, -0.05) is 29.3 Å². The number of nitrogens with zero attached hydrogens (tertiary/aromatic N) is 1. The summed E-state index contributed by atoms with van der Waals surface area (Å²) in [5, 5.41) is 3.72. The normalized spacial score (nSPS) is 13.8. The molecule has 3 rings (SSSR count). The summed E-state index contributed by atoms with van der Waals surface area (Å²) in [7, 11) is 4.53. The van der Waals surface area contributed by atoms with E-state index in [4.69, 9.17) is 37.4 Å². The van der Waals surface area contributed by atoms with Crippen molar-refractivity contribution in [3.63, 3.8) is 0 Å². The van der Waals surface area contributed by atoms with Gasteiger partial charge in [-0.25, -0.2) is 0 Å². The Bertz CT molecular complexity index is 1020. The molecule has 0 aliphatic carbocycles. The summed E-state index contributed by atoms with van der Waals surface area (Å²) in [4.78, 5) is 27.3. The molecule has 0 unspecified atom stereocenters. The van der Waals surface area contributed by atoms with E-state index in [1.807, 2.05) is 0 Å².